The molecule has 0 aliphatic carbocycles. The summed E-state index contributed by atoms with van der Waals surface area (Å²) in [6, 6.07) is 6.36. The molecule has 3 heteroatoms. The molecule has 0 spiro atoms. The van der Waals surface area contributed by atoms with Crippen LogP contribution >= 0.6 is 0 Å². The second-order valence-electron chi connectivity index (χ2n) is 2.83. The summed E-state index contributed by atoms with van der Waals surface area (Å²) in [4.78, 5) is 10.3. The molecule has 0 fully saturated rings. The molecular formula is C10H12NO2. The van der Waals surface area contributed by atoms with Crippen LogP contribution < -0.4 is 0 Å². The van der Waals surface area contributed by atoms with Crippen molar-refractivity contribution in [3.8, 4) is 0 Å². The van der Waals surface area contributed by atoms with E-state index in [1.165, 1.54) is 0 Å². The van der Waals surface area contributed by atoms with Gasteiger partial charge in [0.2, 0.25) is 0 Å². The highest BCUT2D eigenvalue weighted by Gasteiger charge is 2.12. The van der Waals surface area contributed by atoms with Crippen molar-refractivity contribution in [2.24, 2.45) is 0 Å². The second-order valence-corrected chi connectivity index (χ2v) is 2.83. The van der Waals surface area contributed by atoms with Gasteiger partial charge < -0.3 is 0 Å². The standard InChI is InChI=1S/C10H12NO2/c1-3-8-5-6-9(4-2)10(7-8)11(12)13/h6-7H,3-4H2,1-2H3. The first kappa shape index (κ1) is 9.71. The van der Waals surface area contributed by atoms with E-state index in [4.69, 9.17) is 0 Å². The fourth-order valence-corrected chi connectivity index (χ4v) is 1.21. The predicted molar refractivity (Wildman–Crippen MR) is 50.7 cm³/mol. The Labute approximate surface area is 77.5 Å². The van der Waals surface area contributed by atoms with E-state index in [1.54, 1.807) is 12.1 Å². The van der Waals surface area contributed by atoms with Crippen LogP contribution in [0.3, 0.4) is 0 Å². The zero-order chi connectivity index (χ0) is 9.84. The van der Waals surface area contributed by atoms with E-state index in [0.29, 0.717) is 6.42 Å². The Hall–Kier alpha value is -1.38. The zero-order valence-electron chi connectivity index (χ0n) is 7.83. The lowest BCUT2D eigenvalue weighted by Gasteiger charge is -2.01. The molecule has 13 heavy (non-hydrogen) atoms. The molecule has 0 heterocycles. The van der Waals surface area contributed by atoms with Gasteiger partial charge in [0.1, 0.15) is 0 Å². The van der Waals surface area contributed by atoms with Gasteiger partial charge >= 0.3 is 0 Å². The minimum atomic E-state index is -0.328. The smallest absolute Gasteiger partial charge is 0.258 e. The molecule has 3 nitrogen and oxygen atoms in total. The van der Waals surface area contributed by atoms with Crippen LogP contribution in [-0.2, 0) is 12.8 Å². The Balaban J connectivity index is 3.18. The number of hydrogen-bond donors (Lipinski definition) is 0. The maximum absolute atomic E-state index is 10.6. The van der Waals surface area contributed by atoms with E-state index in [0.717, 1.165) is 17.5 Å². The molecule has 1 radical (unpaired) electrons. The molecule has 1 rings (SSSR count). The summed E-state index contributed by atoms with van der Waals surface area (Å²) in [7, 11) is 0. The summed E-state index contributed by atoms with van der Waals surface area (Å²) in [6.07, 6.45) is 1.46. The van der Waals surface area contributed by atoms with Gasteiger partial charge in [0.05, 0.1) is 4.92 Å². The molecule has 69 valence electrons. The third kappa shape index (κ3) is 2.05. The lowest BCUT2D eigenvalue weighted by molar-refractivity contribution is -0.385. The van der Waals surface area contributed by atoms with Crippen LogP contribution in [0.1, 0.15) is 25.0 Å². The van der Waals surface area contributed by atoms with Gasteiger partial charge in [0.15, 0.2) is 0 Å². The monoisotopic (exact) mass is 178 g/mol. The van der Waals surface area contributed by atoms with Crippen molar-refractivity contribution in [1.82, 2.24) is 0 Å². The molecule has 0 aromatic heterocycles. The lowest BCUT2D eigenvalue weighted by atomic mass is 10.1. The number of nitrogens with zero attached hydrogens (tertiary/aromatic N) is 1. The Morgan fingerprint density at radius 3 is 2.62 bits per heavy atom. The van der Waals surface area contributed by atoms with Gasteiger partial charge in [-0.3, -0.25) is 10.1 Å². The van der Waals surface area contributed by atoms with Crippen LogP contribution in [0.4, 0.5) is 5.69 Å². The fourth-order valence-electron chi connectivity index (χ4n) is 1.21. The molecule has 0 atom stereocenters. The highest BCUT2D eigenvalue weighted by Crippen LogP contribution is 2.20. The van der Waals surface area contributed by atoms with E-state index < -0.39 is 0 Å². The minimum Gasteiger partial charge on any atom is -0.258 e. The van der Waals surface area contributed by atoms with Gasteiger partial charge in [0, 0.05) is 11.6 Å². The first-order chi connectivity index (χ1) is 6.19. The fraction of sp³-hybridized carbons (Fsp3) is 0.400. The minimum absolute atomic E-state index is 0.220. The molecule has 0 saturated heterocycles. The summed E-state index contributed by atoms with van der Waals surface area (Å²) in [6.45, 7) is 3.86. The predicted octanol–water partition coefficient (Wildman–Crippen LogP) is 2.52. The molecule has 0 N–H and O–H groups in total. The van der Waals surface area contributed by atoms with Crippen molar-refractivity contribution in [2.45, 2.75) is 26.7 Å². The summed E-state index contributed by atoms with van der Waals surface area (Å²) in [5, 5.41) is 10.6. The van der Waals surface area contributed by atoms with E-state index in [-0.39, 0.29) is 10.6 Å². The van der Waals surface area contributed by atoms with E-state index in [2.05, 4.69) is 6.07 Å². The van der Waals surface area contributed by atoms with Gasteiger partial charge in [0.25, 0.3) is 5.69 Å². The Bertz CT molecular complexity index is 321. The summed E-state index contributed by atoms with van der Waals surface area (Å²) in [5.41, 5.74) is 1.87. The van der Waals surface area contributed by atoms with Crippen LogP contribution in [0, 0.1) is 16.2 Å². The number of rotatable bonds is 3. The molecular weight excluding hydrogens is 166 g/mol. The Kier molecular flexibility index (Phi) is 3.01. The number of hydrogen-bond acceptors (Lipinski definition) is 2. The molecule has 0 bridgehead atoms. The van der Waals surface area contributed by atoms with Crippen LogP contribution in [0.25, 0.3) is 0 Å². The third-order valence-corrected chi connectivity index (χ3v) is 2.03. The van der Waals surface area contributed by atoms with Gasteiger partial charge in [-0.25, -0.2) is 0 Å². The average molecular weight is 178 g/mol. The number of aryl methyl sites for hydroxylation is 2. The van der Waals surface area contributed by atoms with Gasteiger partial charge in [-0.2, -0.15) is 0 Å². The third-order valence-electron chi connectivity index (χ3n) is 2.03. The van der Waals surface area contributed by atoms with Gasteiger partial charge in [-0.1, -0.05) is 13.8 Å². The summed E-state index contributed by atoms with van der Waals surface area (Å²) >= 11 is 0. The van der Waals surface area contributed by atoms with Crippen LogP contribution in [0.15, 0.2) is 12.1 Å². The highest BCUT2D eigenvalue weighted by atomic mass is 16.6. The molecule has 1 aromatic carbocycles. The van der Waals surface area contributed by atoms with E-state index >= 15 is 0 Å². The topological polar surface area (TPSA) is 43.1 Å². The van der Waals surface area contributed by atoms with Crippen LogP contribution in [0.5, 0.6) is 0 Å². The molecule has 0 saturated carbocycles. The van der Waals surface area contributed by atoms with Crippen LogP contribution in [-0.4, -0.2) is 4.92 Å². The summed E-state index contributed by atoms with van der Waals surface area (Å²) in [5.74, 6) is 0. The van der Waals surface area contributed by atoms with Crippen molar-refractivity contribution in [1.29, 1.82) is 0 Å². The average Bonchev–Trinajstić information content (AvgIpc) is 2.16. The first-order valence-electron chi connectivity index (χ1n) is 4.36. The van der Waals surface area contributed by atoms with E-state index in [9.17, 15) is 10.1 Å². The lowest BCUT2D eigenvalue weighted by Crippen LogP contribution is -1.95. The SMILES string of the molecule is CCc1[c]cc(CC)c([N+](=O)[O-])c1. The Morgan fingerprint density at radius 1 is 1.46 bits per heavy atom. The van der Waals surface area contributed by atoms with Gasteiger partial charge in [-0.15, -0.1) is 0 Å². The molecule has 1 aromatic rings. The first-order valence-corrected chi connectivity index (χ1v) is 4.36. The van der Waals surface area contributed by atoms with Crippen LogP contribution in [0.2, 0.25) is 0 Å². The van der Waals surface area contributed by atoms with Crippen molar-refractivity contribution < 1.29 is 4.92 Å². The molecule has 0 aliphatic heterocycles. The molecule has 0 unspecified atom stereocenters. The quantitative estimate of drug-likeness (QED) is 0.527. The van der Waals surface area contributed by atoms with Crippen molar-refractivity contribution in [3.63, 3.8) is 0 Å². The van der Waals surface area contributed by atoms with Crippen molar-refractivity contribution in [2.75, 3.05) is 0 Å². The maximum atomic E-state index is 10.6. The summed E-state index contributed by atoms with van der Waals surface area (Å²) < 4.78 is 0. The van der Waals surface area contributed by atoms with Crippen molar-refractivity contribution in [3.05, 3.63) is 39.4 Å². The second kappa shape index (κ2) is 4.03. The van der Waals surface area contributed by atoms with Crippen molar-refractivity contribution >= 4 is 5.69 Å². The maximum Gasteiger partial charge on any atom is 0.272 e. The highest BCUT2D eigenvalue weighted by molar-refractivity contribution is 5.42. The van der Waals surface area contributed by atoms with E-state index in [1.807, 2.05) is 13.8 Å². The molecule has 0 amide bonds. The van der Waals surface area contributed by atoms with Gasteiger partial charge in [-0.05, 0) is 30.5 Å². The zero-order valence-corrected chi connectivity index (χ0v) is 7.83. The number of benzene rings is 1. The molecule has 0 aliphatic rings. The normalized spacial score (nSPS) is 10.0. The largest absolute Gasteiger partial charge is 0.272 e. The Morgan fingerprint density at radius 2 is 2.15 bits per heavy atom. The number of nitro groups is 1. The number of nitro benzene ring substituents is 1.